The number of alkyl halides is 1. The summed E-state index contributed by atoms with van der Waals surface area (Å²) in [6, 6.07) is 0.749. The Labute approximate surface area is 148 Å². The molecule has 0 unspecified atom stereocenters. The van der Waals surface area contributed by atoms with E-state index in [2.05, 4.69) is 4.98 Å². The molecule has 0 atom stereocenters. The van der Waals surface area contributed by atoms with Crippen molar-refractivity contribution in [3.8, 4) is 11.3 Å². The molecule has 0 aliphatic rings. The number of fused-ring (bicyclic) bond motifs is 1. The van der Waals surface area contributed by atoms with Gasteiger partial charge >= 0.3 is 5.97 Å². The van der Waals surface area contributed by atoms with Crippen LogP contribution in [0, 0.1) is 11.6 Å². The number of aromatic nitrogens is 2. The van der Waals surface area contributed by atoms with Gasteiger partial charge < -0.3 is 15.4 Å². The van der Waals surface area contributed by atoms with Gasteiger partial charge in [-0.2, -0.15) is 0 Å². The van der Waals surface area contributed by atoms with Crippen LogP contribution in [-0.2, 0) is 13.1 Å². The number of hydrogen-bond acceptors (Lipinski definition) is 5. The fourth-order valence-corrected chi connectivity index (χ4v) is 3.33. The maximum absolute atomic E-state index is 15.1. The number of halogens is 3. The SMILES string of the molecule is NCc1nc(-c2c(F)cc3c(=O)c(C(=O)O)cn(CCF)c3c2F)cs1. The van der Waals surface area contributed by atoms with Gasteiger partial charge in [0.15, 0.2) is 5.82 Å². The second kappa shape index (κ2) is 6.89. The zero-order chi connectivity index (χ0) is 19.0. The fourth-order valence-electron chi connectivity index (χ4n) is 2.66. The number of pyridine rings is 1. The van der Waals surface area contributed by atoms with E-state index in [4.69, 9.17) is 10.8 Å². The van der Waals surface area contributed by atoms with Gasteiger partial charge in [-0.1, -0.05) is 0 Å². The van der Waals surface area contributed by atoms with Crippen LogP contribution in [0.15, 0.2) is 22.4 Å². The summed E-state index contributed by atoms with van der Waals surface area (Å²) in [5.74, 6) is -3.76. The standard InChI is InChI=1S/C16H12F3N3O3S/c17-1-2-22-5-8(16(24)25)15(23)7-3-9(18)12(13(19)14(7)22)10-6-26-11(4-20)21-10/h3,5-6H,1-2,4,20H2,(H,24,25). The number of carboxylic acid groups (broad SMARTS) is 1. The van der Waals surface area contributed by atoms with Crippen LogP contribution in [0.5, 0.6) is 0 Å². The summed E-state index contributed by atoms with van der Waals surface area (Å²) in [6.07, 6.45) is 0.851. The molecule has 0 spiro atoms. The van der Waals surface area contributed by atoms with Crippen molar-refractivity contribution < 1.29 is 23.1 Å². The number of benzene rings is 1. The number of hydrogen-bond donors (Lipinski definition) is 2. The Hall–Kier alpha value is -2.72. The minimum Gasteiger partial charge on any atom is -0.477 e. The monoisotopic (exact) mass is 383 g/mol. The number of aromatic carboxylic acids is 1. The molecule has 136 valence electrons. The highest BCUT2D eigenvalue weighted by Gasteiger charge is 2.24. The van der Waals surface area contributed by atoms with Crippen molar-refractivity contribution in [1.29, 1.82) is 0 Å². The third kappa shape index (κ3) is 2.86. The van der Waals surface area contributed by atoms with Gasteiger partial charge in [-0.15, -0.1) is 11.3 Å². The largest absolute Gasteiger partial charge is 0.477 e. The highest BCUT2D eigenvalue weighted by molar-refractivity contribution is 7.09. The first-order valence-corrected chi connectivity index (χ1v) is 8.26. The highest BCUT2D eigenvalue weighted by Crippen LogP contribution is 2.32. The highest BCUT2D eigenvalue weighted by atomic mass is 32.1. The lowest BCUT2D eigenvalue weighted by molar-refractivity contribution is 0.0694. The molecule has 26 heavy (non-hydrogen) atoms. The number of thiazole rings is 1. The summed E-state index contributed by atoms with van der Waals surface area (Å²) in [4.78, 5) is 27.5. The van der Waals surface area contributed by atoms with Gasteiger partial charge in [-0.25, -0.2) is 22.9 Å². The molecule has 6 nitrogen and oxygen atoms in total. The molecular formula is C16H12F3N3O3S. The summed E-state index contributed by atoms with van der Waals surface area (Å²) in [6.45, 7) is -1.24. The third-order valence-electron chi connectivity index (χ3n) is 3.79. The van der Waals surface area contributed by atoms with Crippen molar-refractivity contribution in [2.24, 2.45) is 5.73 Å². The second-order valence-electron chi connectivity index (χ2n) is 5.33. The van der Waals surface area contributed by atoms with Crippen LogP contribution in [-0.4, -0.2) is 27.3 Å². The van der Waals surface area contributed by atoms with E-state index in [1.165, 1.54) is 5.38 Å². The number of aryl methyl sites for hydroxylation is 1. The van der Waals surface area contributed by atoms with Gasteiger partial charge in [0.25, 0.3) is 0 Å². The van der Waals surface area contributed by atoms with Crippen molar-refractivity contribution >= 4 is 28.2 Å². The van der Waals surface area contributed by atoms with E-state index in [1.807, 2.05) is 0 Å². The van der Waals surface area contributed by atoms with Crippen LogP contribution < -0.4 is 11.2 Å². The minimum absolute atomic E-state index is 0.00564. The predicted molar refractivity (Wildman–Crippen MR) is 90.1 cm³/mol. The summed E-state index contributed by atoms with van der Waals surface area (Å²) in [5.41, 5.74) is 2.84. The quantitative estimate of drug-likeness (QED) is 0.706. The van der Waals surface area contributed by atoms with Gasteiger partial charge in [0.05, 0.1) is 28.7 Å². The number of carbonyl (C=O) groups is 1. The summed E-state index contributed by atoms with van der Waals surface area (Å²) < 4.78 is 43.4. The molecule has 0 bridgehead atoms. The average Bonchev–Trinajstić information content (AvgIpc) is 3.05. The normalized spacial score (nSPS) is 11.2. The van der Waals surface area contributed by atoms with E-state index in [1.54, 1.807) is 0 Å². The number of rotatable bonds is 5. The molecule has 0 amide bonds. The first-order valence-electron chi connectivity index (χ1n) is 7.38. The van der Waals surface area contributed by atoms with Crippen molar-refractivity contribution in [3.05, 3.63) is 50.1 Å². The molecule has 2 aromatic heterocycles. The first kappa shape index (κ1) is 18.1. The van der Waals surface area contributed by atoms with Crippen LogP contribution in [0.2, 0.25) is 0 Å². The second-order valence-corrected chi connectivity index (χ2v) is 6.28. The lowest BCUT2D eigenvalue weighted by Crippen LogP contribution is -2.20. The Morgan fingerprint density at radius 1 is 1.38 bits per heavy atom. The molecule has 3 aromatic rings. The van der Waals surface area contributed by atoms with Gasteiger partial charge in [0, 0.05) is 18.1 Å². The Morgan fingerprint density at radius 2 is 2.12 bits per heavy atom. The lowest BCUT2D eigenvalue weighted by atomic mass is 10.0. The van der Waals surface area contributed by atoms with Crippen molar-refractivity contribution in [2.45, 2.75) is 13.1 Å². The molecule has 0 fully saturated rings. The first-order chi connectivity index (χ1) is 12.4. The fraction of sp³-hybridized carbons (Fsp3) is 0.188. The molecule has 2 heterocycles. The molecular weight excluding hydrogens is 371 g/mol. The van der Waals surface area contributed by atoms with Crippen LogP contribution in [0.1, 0.15) is 15.4 Å². The van der Waals surface area contributed by atoms with E-state index in [0.717, 1.165) is 28.2 Å². The van der Waals surface area contributed by atoms with E-state index < -0.39 is 52.8 Å². The third-order valence-corrected chi connectivity index (χ3v) is 4.66. The molecule has 0 aliphatic heterocycles. The Bertz CT molecular complexity index is 1080. The Balaban J connectivity index is 2.41. The lowest BCUT2D eigenvalue weighted by Gasteiger charge is -2.14. The van der Waals surface area contributed by atoms with Crippen molar-refractivity contribution in [2.75, 3.05) is 6.67 Å². The number of carboxylic acids is 1. The summed E-state index contributed by atoms with van der Waals surface area (Å²) >= 11 is 1.12. The van der Waals surface area contributed by atoms with Crippen LogP contribution >= 0.6 is 11.3 Å². The molecule has 0 radical (unpaired) electrons. The molecule has 3 rings (SSSR count). The van der Waals surface area contributed by atoms with Crippen LogP contribution in [0.25, 0.3) is 22.2 Å². The molecule has 1 aromatic carbocycles. The van der Waals surface area contributed by atoms with Gasteiger partial charge in [-0.05, 0) is 6.07 Å². The molecule has 0 saturated carbocycles. The Kier molecular flexibility index (Phi) is 4.79. The van der Waals surface area contributed by atoms with Gasteiger partial charge in [-0.3, -0.25) is 4.79 Å². The molecule has 0 aliphatic carbocycles. The number of nitrogens with two attached hydrogens (primary N) is 1. The summed E-state index contributed by atoms with van der Waals surface area (Å²) in [7, 11) is 0. The zero-order valence-corrected chi connectivity index (χ0v) is 13.9. The average molecular weight is 383 g/mol. The summed E-state index contributed by atoms with van der Waals surface area (Å²) in [5, 5.41) is 10.5. The van der Waals surface area contributed by atoms with Gasteiger partial charge in [0.1, 0.15) is 23.1 Å². The van der Waals surface area contributed by atoms with Gasteiger partial charge in [0.2, 0.25) is 5.43 Å². The molecule has 3 N–H and O–H groups in total. The van der Waals surface area contributed by atoms with Crippen LogP contribution in [0.3, 0.4) is 0 Å². The van der Waals surface area contributed by atoms with Crippen LogP contribution in [0.4, 0.5) is 13.2 Å². The smallest absolute Gasteiger partial charge is 0.341 e. The van der Waals surface area contributed by atoms with E-state index in [9.17, 15) is 18.4 Å². The van der Waals surface area contributed by atoms with E-state index >= 15 is 4.39 Å². The maximum Gasteiger partial charge on any atom is 0.341 e. The van der Waals surface area contributed by atoms with E-state index in [-0.39, 0.29) is 17.8 Å². The molecule has 10 heteroatoms. The van der Waals surface area contributed by atoms with Crippen molar-refractivity contribution in [3.63, 3.8) is 0 Å². The predicted octanol–water partition coefficient (Wildman–Crippen LogP) is 2.53. The maximum atomic E-state index is 15.1. The zero-order valence-electron chi connectivity index (χ0n) is 13.1. The van der Waals surface area contributed by atoms with E-state index in [0.29, 0.717) is 5.01 Å². The number of nitrogens with zero attached hydrogens (tertiary/aromatic N) is 2. The Morgan fingerprint density at radius 3 is 2.69 bits per heavy atom. The topological polar surface area (TPSA) is 98.2 Å². The molecule has 0 saturated heterocycles. The van der Waals surface area contributed by atoms with Crippen molar-refractivity contribution in [1.82, 2.24) is 9.55 Å². The minimum atomic E-state index is -1.57.